The van der Waals surface area contributed by atoms with Crippen LogP contribution < -0.4 is 52.2 Å². The van der Waals surface area contributed by atoms with Crippen molar-refractivity contribution in [3.8, 4) is 39.4 Å². The van der Waals surface area contributed by atoms with Crippen molar-refractivity contribution in [2.45, 2.75) is 0 Å². The SMILES string of the molecule is c1ccc(-c2cccc(-c3ccccc3)c2N2c3cc4c(cc3B3c5ccc(-n6c7ccccc7c7ccccc76)cc5N(c5ccccc5)c5cccc2c53)B2c3ccccc3N(c3cccc5c3oc3ccccc35)c3cccc(c32)O4)cc1. The van der Waals surface area contributed by atoms with Gasteiger partial charge in [-0.15, -0.1) is 0 Å². The zero-order valence-electron chi connectivity index (χ0n) is 46.5. The summed E-state index contributed by atoms with van der Waals surface area (Å²) < 4.78 is 16.8. The van der Waals surface area contributed by atoms with Gasteiger partial charge in [0.05, 0.1) is 22.4 Å². The van der Waals surface area contributed by atoms with Crippen molar-refractivity contribution in [2.24, 2.45) is 0 Å². The summed E-state index contributed by atoms with van der Waals surface area (Å²) >= 11 is 0. The molecule has 0 saturated heterocycles. The summed E-state index contributed by atoms with van der Waals surface area (Å²) in [6.07, 6.45) is 0. The van der Waals surface area contributed by atoms with Crippen LogP contribution in [0.5, 0.6) is 11.5 Å². The largest absolute Gasteiger partial charge is 0.458 e. The molecule has 0 unspecified atom stereocenters. The summed E-state index contributed by atoms with van der Waals surface area (Å²) in [6, 6.07) is 107. The number of nitrogens with zero attached hydrogens (tertiary/aromatic N) is 4. The average Bonchev–Trinajstić information content (AvgIpc) is 1.33. The zero-order chi connectivity index (χ0) is 56.1. The molecule has 8 heteroatoms. The first kappa shape index (κ1) is 47.3. The van der Waals surface area contributed by atoms with Crippen molar-refractivity contribution >= 4 is 141 Å². The Morgan fingerprint density at radius 2 is 0.826 bits per heavy atom. The van der Waals surface area contributed by atoms with Crippen LogP contribution in [-0.4, -0.2) is 18.0 Å². The van der Waals surface area contributed by atoms with E-state index in [1.54, 1.807) is 0 Å². The lowest BCUT2D eigenvalue weighted by molar-refractivity contribution is 0.488. The molecule has 0 amide bonds. The van der Waals surface area contributed by atoms with Crippen LogP contribution in [0.2, 0.25) is 0 Å². The topological polar surface area (TPSA) is 37.0 Å². The Kier molecular flexibility index (Phi) is 9.98. The van der Waals surface area contributed by atoms with Crippen LogP contribution in [0, 0.1) is 0 Å². The van der Waals surface area contributed by atoms with E-state index < -0.39 is 0 Å². The Bertz CT molecular complexity index is 5220. The molecule has 19 rings (SSSR count). The van der Waals surface area contributed by atoms with Crippen molar-refractivity contribution in [2.75, 3.05) is 14.7 Å². The maximum atomic E-state index is 7.52. The molecule has 0 aliphatic carbocycles. The van der Waals surface area contributed by atoms with E-state index in [9.17, 15) is 0 Å². The van der Waals surface area contributed by atoms with E-state index in [-0.39, 0.29) is 13.4 Å². The molecule has 4 aliphatic rings. The van der Waals surface area contributed by atoms with Crippen LogP contribution in [-0.2, 0) is 0 Å². The zero-order valence-corrected chi connectivity index (χ0v) is 46.5. The maximum absolute atomic E-state index is 7.52. The quantitative estimate of drug-likeness (QED) is 0.155. The fourth-order valence-electron chi connectivity index (χ4n) is 15.1. The summed E-state index contributed by atoms with van der Waals surface area (Å²) in [7, 11) is 0. The second-order valence-corrected chi connectivity index (χ2v) is 23.0. The molecule has 0 radical (unpaired) electrons. The number of benzene rings is 13. The predicted molar refractivity (Wildman–Crippen MR) is 359 cm³/mol. The van der Waals surface area contributed by atoms with E-state index in [2.05, 4.69) is 304 Å². The molecular weight excluding hydrogens is 1050 g/mol. The van der Waals surface area contributed by atoms with E-state index in [1.807, 2.05) is 6.07 Å². The van der Waals surface area contributed by atoms with Crippen molar-refractivity contribution in [1.82, 2.24) is 4.57 Å². The molecule has 86 heavy (non-hydrogen) atoms. The van der Waals surface area contributed by atoms with Crippen molar-refractivity contribution < 1.29 is 9.15 Å². The highest BCUT2D eigenvalue weighted by Gasteiger charge is 2.48. The molecule has 0 fully saturated rings. The van der Waals surface area contributed by atoms with Crippen LogP contribution in [0.25, 0.3) is 71.7 Å². The summed E-state index contributed by atoms with van der Waals surface area (Å²) in [5.74, 6) is 1.68. The van der Waals surface area contributed by atoms with Crippen LogP contribution in [0.1, 0.15) is 0 Å². The fourth-order valence-corrected chi connectivity index (χ4v) is 15.1. The molecule has 0 spiro atoms. The van der Waals surface area contributed by atoms with Gasteiger partial charge in [0, 0.05) is 84.2 Å². The monoisotopic (exact) mass is 1090 g/mol. The Balaban J connectivity index is 0.900. The number of para-hydroxylation sites is 7. The van der Waals surface area contributed by atoms with Crippen molar-refractivity contribution in [3.05, 3.63) is 291 Å². The van der Waals surface area contributed by atoms with Gasteiger partial charge in [0.25, 0.3) is 13.4 Å². The van der Waals surface area contributed by atoms with E-state index in [4.69, 9.17) is 9.15 Å². The highest BCUT2D eigenvalue weighted by Crippen LogP contribution is 2.52. The molecule has 0 bridgehead atoms. The van der Waals surface area contributed by atoms with Crippen LogP contribution in [0.4, 0.5) is 51.2 Å². The van der Waals surface area contributed by atoms with Crippen LogP contribution in [0.3, 0.4) is 0 Å². The number of hydrogen-bond donors (Lipinski definition) is 0. The normalized spacial score (nSPS) is 13.3. The van der Waals surface area contributed by atoms with Gasteiger partial charge in [-0.25, -0.2) is 0 Å². The number of furan rings is 1. The summed E-state index contributed by atoms with van der Waals surface area (Å²) in [5, 5.41) is 4.66. The number of anilines is 9. The molecule has 6 nitrogen and oxygen atoms in total. The van der Waals surface area contributed by atoms with Gasteiger partial charge in [-0.3, -0.25) is 0 Å². The minimum absolute atomic E-state index is 0.166. The molecule has 4 aliphatic heterocycles. The van der Waals surface area contributed by atoms with Gasteiger partial charge in [-0.2, -0.15) is 0 Å². The molecule has 15 aromatic rings. The van der Waals surface area contributed by atoms with Gasteiger partial charge in [-0.1, -0.05) is 206 Å². The lowest BCUT2D eigenvalue weighted by Gasteiger charge is -2.46. The molecule has 0 N–H and O–H groups in total. The third-order valence-electron chi connectivity index (χ3n) is 18.6. The Morgan fingerprint density at radius 3 is 1.57 bits per heavy atom. The number of ether oxygens (including phenoxy) is 1. The number of aromatic nitrogens is 1. The smallest absolute Gasteiger partial charge is 0.256 e. The Labute approximate surface area is 497 Å². The average molecular weight is 1090 g/mol. The van der Waals surface area contributed by atoms with Crippen LogP contribution >= 0.6 is 0 Å². The minimum Gasteiger partial charge on any atom is -0.458 e. The summed E-state index contributed by atoms with van der Waals surface area (Å²) in [6.45, 7) is -0.359. The molecule has 13 aromatic carbocycles. The van der Waals surface area contributed by atoms with Gasteiger partial charge in [0.1, 0.15) is 17.1 Å². The Morgan fingerprint density at radius 1 is 0.291 bits per heavy atom. The highest BCUT2D eigenvalue weighted by atomic mass is 16.5. The number of fused-ring (bicyclic) bond motifs is 14. The second-order valence-electron chi connectivity index (χ2n) is 23.0. The fraction of sp³-hybridized carbons (Fsp3) is 0. The molecule has 6 heterocycles. The first-order valence-electron chi connectivity index (χ1n) is 29.6. The molecular formula is C78H48B2N4O2. The van der Waals surface area contributed by atoms with E-state index in [0.29, 0.717) is 0 Å². The molecule has 398 valence electrons. The minimum atomic E-state index is -0.193. The predicted octanol–water partition coefficient (Wildman–Crippen LogP) is 16.5. The van der Waals surface area contributed by atoms with Crippen LogP contribution in [0.15, 0.2) is 296 Å². The Hall–Kier alpha value is -11.2. The van der Waals surface area contributed by atoms with Gasteiger partial charge >= 0.3 is 0 Å². The van der Waals surface area contributed by atoms with Gasteiger partial charge in [0.2, 0.25) is 0 Å². The van der Waals surface area contributed by atoms with Crippen molar-refractivity contribution in [1.29, 1.82) is 0 Å². The second kappa shape index (κ2) is 18.1. The summed E-state index contributed by atoms with van der Waals surface area (Å²) in [4.78, 5) is 7.50. The first-order valence-corrected chi connectivity index (χ1v) is 29.6. The standard InChI is InChI=1S/C78H48B2N4O2/c1-4-22-49(23-5-1)53-31-18-32-54(50-24-6-2-7-25-50)77(53)84-67-39-20-38-66-75(67)79(60-45-44-52(46-70(60)81(66)51-26-8-3-9-27-51)82-63-35-14-10-28-55(63)56-29-11-15-36-64(56)82)61-47-62-74(48-71(61)84)85-73-43-21-40-68-76(73)80(62)59-34-13-16-37-65(59)83(68)69-41-19-33-58-57-30-12-17-42-72(57)86-78(58)69/h1-48H. The third-order valence-corrected chi connectivity index (χ3v) is 18.6. The van der Waals surface area contributed by atoms with E-state index in [1.165, 1.54) is 43.7 Å². The molecule has 0 saturated carbocycles. The van der Waals surface area contributed by atoms with Crippen molar-refractivity contribution in [3.63, 3.8) is 0 Å². The number of hydrogen-bond acceptors (Lipinski definition) is 5. The van der Waals surface area contributed by atoms with E-state index >= 15 is 0 Å². The first-order chi connectivity index (χ1) is 42.7. The van der Waals surface area contributed by atoms with E-state index in [0.717, 1.165) is 123 Å². The molecule has 0 atom stereocenters. The summed E-state index contributed by atoms with van der Waals surface area (Å²) in [5.41, 5.74) is 26.7. The third kappa shape index (κ3) is 6.63. The van der Waals surface area contributed by atoms with Gasteiger partial charge in [-0.05, 0) is 123 Å². The van der Waals surface area contributed by atoms with Gasteiger partial charge < -0.3 is 28.4 Å². The number of rotatable bonds is 6. The maximum Gasteiger partial charge on any atom is 0.256 e. The highest BCUT2D eigenvalue weighted by molar-refractivity contribution is 7.02. The lowest BCUT2D eigenvalue weighted by Crippen LogP contribution is -2.64. The van der Waals surface area contributed by atoms with Gasteiger partial charge in [0.15, 0.2) is 5.58 Å². The molecule has 2 aromatic heterocycles. The lowest BCUT2D eigenvalue weighted by atomic mass is 9.30.